The van der Waals surface area contributed by atoms with Gasteiger partial charge in [0.1, 0.15) is 6.04 Å². The first kappa shape index (κ1) is 18.6. The minimum absolute atomic E-state index is 0.000220. The molecule has 0 unspecified atom stereocenters. The molecule has 0 saturated heterocycles. The standard InChI is InChI=1S/C17H27N3O3S/c1-13(17(21)19-14-7-5-3-4-6-8-14)18-15-9-11-16(12-10-15)20-24(2,22)23/h9-14,18,20H,3-8H2,1-2H3,(H,19,21)/t13-/m1/s1. The van der Waals surface area contributed by atoms with Crippen LogP contribution in [0.5, 0.6) is 0 Å². The quantitative estimate of drug-likeness (QED) is 0.686. The van der Waals surface area contributed by atoms with Crippen LogP contribution in [0, 0.1) is 0 Å². The van der Waals surface area contributed by atoms with Gasteiger partial charge in [0.15, 0.2) is 0 Å². The maximum absolute atomic E-state index is 12.3. The number of rotatable bonds is 6. The van der Waals surface area contributed by atoms with Crippen LogP contribution >= 0.6 is 0 Å². The van der Waals surface area contributed by atoms with Gasteiger partial charge in [-0.2, -0.15) is 0 Å². The number of hydrogen-bond acceptors (Lipinski definition) is 4. The monoisotopic (exact) mass is 353 g/mol. The van der Waals surface area contributed by atoms with Gasteiger partial charge in [-0.15, -0.1) is 0 Å². The molecule has 0 bridgehead atoms. The Labute approximate surface area is 144 Å². The van der Waals surface area contributed by atoms with Crippen molar-refractivity contribution in [2.75, 3.05) is 16.3 Å². The van der Waals surface area contributed by atoms with Crippen LogP contribution in [-0.2, 0) is 14.8 Å². The first-order valence-corrected chi connectivity index (χ1v) is 10.4. The van der Waals surface area contributed by atoms with Gasteiger partial charge in [-0.05, 0) is 44.0 Å². The number of carbonyl (C=O) groups is 1. The fraction of sp³-hybridized carbons (Fsp3) is 0.588. The number of anilines is 2. The first-order chi connectivity index (χ1) is 11.3. The SMILES string of the molecule is C[C@@H](Nc1ccc(NS(C)(=O)=O)cc1)C(=O)NC1CCCCCC1. The van der Waals surface area contributed by atoms with Gasteiger partial charge < -0.3 is 10.6 Å². The highest BCUT2D eigenvalue weighted by Gasteiger charge is 2.18. The molecular weight excluding hydrogens is 326 g/mol. The molecule has 1 amide bonds. The minimum atomic E-state index is -3.28. The second-order valence-electron chi connectivity index (χ2n) is 6.51. The van der Waals surface area contributed by atoms with Crippen molar-refractivity contribution in [3.8, 4) is 0 Å². The average molecular weight is 353 g/mol. The zero-order chi connectivity index (χ0) is 17.6. The maximum atomic E-state index is 12.3. The van der Waals surface area contributed by atoms with Gasteiger partial charge >= 0.3 is 0 Å². The lowest BCUT2D eigenvalue weighted by Crippen LogP contribution is -2.43. The first-order valence-electron chi connectivity index (χ1n) is 8.48. The van der Waals surface area contributed by atoms with E-state index < -0.39 is 10.0 Å². The second kappa shape index (κ2) is 8.37. The molecule has 1 atom stereocenters. The lowest BCUT2D eigenvalue weighted by Gasteiger charge is -2.21. The molecule has 3 N–H and O–H groups in total. The molecule has 1 aliphatic carbocycles. The number of carbonyl (C=O) groups excluding carboxylic acids is 1. The molecule has 7 heteroatoms. The average Bonchev–Trinajstić information content (AvgIpc) is 2.76. The molecule has 0 radical (unpaired) electrons. The molecule has 0 aromatic heterocycles. The zero-order valence-electron chi connectivity index (χ0n) is 14.3. The van der Waals surface area contributed by atoms with Crippen molar-refractivity contribution in [2.24, 2.45) is 0 Å². The van der Waals surface area contributed by atoms with Crippen molar-refractivity contribution in [1.82, 2.24) is 5.32 Å². The third kappa shape index (κ3) is 6.39. The molecule has 6 nitrogen and oxygen atoms in total. The summed E-state index contributed by atoms with van der Waals surface area (Å²) in [7, 11) is -3.28. The van der Waals surface area contributed by atoms with Gasteiger partial charge in [-0.1, -0.05) is 25.7 Å². The van der Waals surface area contributed by atoms with Crippen molar-refractivity contribution in [3.63, 3.8) is 0 Å². The Balaban J connectivity index is 1.86. The molecule has 1 fully saturated rings. The van der Waals surface area contributed by atoms with E-state index in [1.54, 1.807) is 24.3 Å². The lowest BCUT2D eigenvalue weighted by molar-refractivity contribution is -0.122. The molecule has 0 heterocycles. The van der Waals surface area contributed by atoms with E-state index in [0.717, 1.165) is 24.8 Å². The summed E-state index contributed by atoms with van der Waals surface area (Å²) in [5.74, 6) is 0.000220. The Kier molecular flexibility index (Phi) is 6.48. The van der Waals surface area contributed by atoms with Crippen LogP contribution in [-0.4, -0.2) is 32.7 Å². The van der Waals surface area contributed by atoms with Crippen molar-refractivity contribution in [2.45, 2.75) is 57.5 Å². The maximum Gasteiger partial charge on any atom is 0.242 e. The topological polar surface area (TPSA) is 87.3 Å². The molecule has 0 aliphatic heterocycles. The molecule has 1 aliphatic rings. The summed E-state index contributed by atoms with van der Waals surface area (Å²) in [5, 5.41) is 6.28. The number of sulfonamides is 1. The molecule has 1 aromatic rings. The molecule has 0 spiro atoms. The number of hydrogen-bond donors (Lipinski definition) is 3. The summed E-state index contributed by atoms with van der Waals surface area (Å²) in [6.07, 6.45) is 8.11. The van der Waals surface area contributed by atoms with Crippen LogP contribution in [0.15, 0.2) is 24.3 Å². The Morgan fingerprint density at radius 1 is 1.04 bits per heavy atom. The highest BCUT2D eigenvalue weighted by atomic mass is 32.2. The van der Waals surface area contributed by atoms with E-state index in [2.05, 4.69) is 15.4 Å². The summed E-state index contributed by atoms with van der Waals surface area (Å²) in [4.78, 5) is 12.3. The van der Waals surface area contributed by atoms with Crippen LogP contribution in [0.4, 0.5) is 11.4 Å². The van der Waals surface area contributed by atoms with E-state index in [-0.39, 0.29) is 18.0 Å². The largest absolute Gasteiger partial charge is 0.374 e. The van der Waals surface area contributed by atoms with Gasteiger partial charge in [-0.3, -0.25) is 9.52 Å². The number of nitrogens with one attached hydrogen (secondary N) is 3. The van der Waals surface area contributed by atoms with Crippen molar-refractivity contribution < 1.29 is 13.2 Å². The van der Waals surface area contributed by atoms with Crippen LogP contribution in [0.25, 0.3) is 0 Å². The fourth-order valence-corrected chi connectivity index (χ4v) is 3.48. The third-order valence-electron chi connectivity index (χ3n) is 4.17. The Bertz CT molecular complexity index is 636. The second-order valence-corrected chi connectivity index (χ2v) is 8.26. The third-order valence-corrected chi connectivity index (χ3v) is 4.77. The van der Waals surface area contributed by atoms with E-state index in [0.29, 0.717) is 5.69 Å². The van der Waals surface area contributed by atoms with Gasteiger partial charge in [0.25, 0.3) is 0 Å². The van der Waals surface area contributed by atoms with Crippen LogP contribution in [0.1, 0.15) is 45.4 Å². The van der Waals surface area contributed by atoms with Crippen molar-refractivity contribution in [1.29, 1.82) is 0 Å². The Hall–Kier alpha value is -1.76. The number of benzene rings is 1. The van der Waals surface area contributed by atoms with E-state index in [4.69, 9.17) is 0 Å². The lowest BCUT2D eigenvalue weighted by atomic mass is 10.1. The molecule has 2 rings (SSSR count). The van der Waals surface area contributed by atoms with Gasteiger partial charge in [0, 0.05) is 17.4 Å². The molecule has 134 valence electrons. The van der Waals surface area contributed by atoms with Crippen molar-refractivity contribution in [3.05, 3.63) is 24.3 Å². The minimum Gasteiger partial charge on any atom is -0.374 e. The fourth-order valence-electron chi connectivity index (χ4n) is 2.91. The van der Waals surface area contributed by atoms with E-state index in [9.17, 15) is 13.2 Å². The van der Waals surface area contributed by atoms with E-state index in [1.807, 2.05) is 6.92 Å². The summed E-state index contributed by atoms with van der Waals surface area (Å²) < 4.78 is 24.8. The zero-order valence-corrected chi connectivity index (χ0v) is 15.2. The van der Waals surface area contributed by atoms with E-state index in [1.165, 1.54) is 25.7 Å². The highest BCUT2D eigenvalue weighted by Crippen LogP contribution is 2.18. The predicted molar refractivity (Wildman–Crippen MR) is 97.6 cm³/mol. The van der Waals surface area contributed by atoms with Crippen molar-refractivity contribution >= 4 is 27.3 Å². The smallest absolute Gasteiger partial charge is 0.242 e. The van der Waals surface area contributed by atoms with Crippen LogP contribution in [0.3, 0.4) is 0 Å². The molecule has 1 aromatic carbocycles. The highest BCUT2D eigenvalue weighted by molar-refractivity contribution is 7.92. The summed E-state index contributed by atoms with van der Waals surface area (Å²) in [6.45, 7) is 1.83. The van der Waals surface area contributed by atoms with Crippen LogP contribution < -0.4 is 15.4 Å². The summed E-state index contributed by atoms with van der Waals surface area (Å²) in [6, 6.07) is 6.78. The van der Waals surface area contributed by atoms with Gasteiger partial charge in [0.05, 0.1) is 6.26 Å². The van der Waals surface area contributed by atoms with Gasteiger partial charge in [-0.25, -0.2) is 8.42 Å². The van der Waals surface area contributed by atoms with E-state index >= 15 is 0 Å². The Morgan fingerprint density at radius 2 is 1.58 bits per heavy atom. The molecule has 1 saturated carbocycles. The number of amides is 1. The van der Waals surface area contributed by atoms with Gasteiger partial charge in [0.2, 0.25) is 15.9 Å². The summed E-state index contributed by atoms with van der Waals surface area (Å²) in [5.41, 5.74) is 1.27. The normalized spacial score (nSPS) is 17.6. The summed E-state index contributed by atoms with van der Waals surface area (Å²) >= 11 is 0. The molecule has 24 heavy (non-hydrogen) atoms. The Morgan fingerprint density at radius 3 is 2.12 bits per heavy atom. The predicted octanol–water partition coefficient (Wildman–Crippen LogP) is 2.70. The molecular formula is C17H27N3O3S. The van der Waals surface area contributed by atoms with Crippen LogP contribution in [0.2, 0.25) is 0 Å².